The Kier molecular flexibility index (Phi) is 7.48. The van der Waals surface area contributed by atoms with E-state index in [1.807, 2.05) is 0 Å². The van der Waals surface area contributed by atoms with E-state index in [9.17, 15) is 27.6 Å². The third-order valence-corrected chi connectivity index (χ3v) is 3.70. The molecule has 0 aromatic carbocycles. The van der Waals surface area contributed by atoms with Crippen LogP contribution in [0.15, 0.2) is 59.6 Å². The first-order chi connectivity index (χ1) is 14.1. The summed E-state index contributed by atoms with van der Waals surface area (Å²) < 4.78 is 41.1. The van der Waals surface area contributed by atoms with Gasteiger partial charge in [0.2, 0.25) is 17.0 Å². The number of amides is 1. The Bertz CT molecular complexity index is 1030. The number of nitrogens with one attached hydrogen (secondary N) is 1. The molecule has 0 aliphatic carbocycles. The molecule has 0 fully saturated rings. The van der Waals surface area contributed by atoms with E-state index in [-0.39, 0.29) is 17.8 Å². The third kappa shape index (κ3) is 6.85. The lowest BCUT2D eigenvalue weighted by atomic mass is 10.2. The number of rotatable bonds is 8. The fourth-order valence-electron chi connectivity index (χ4n) is 2.15. The molecule has 30 heavy (non-hydrogen) atoms. The van der Waals surface area contributed by atoms with Gasteiger partial charge in [0.25, 0.3) is 5.56 Å². The second-order valence-electron chi connectivity index (χ2n) is 5.63. The molecule has 2 rings (SSSR count). The summed E-state index contributed by atoms with van der Waals surface area (Å²) in [6, 6.07) is 4.73. The highest BCUT2D eigenvalue weighted by Crippen LogP contribution is 2.22. The minimum Gasteiger partial charge on any atom is -0.388 e. The SMILES string of the molecule is C=C/C=C(/CNC(=O)Cn1nc(-c2ccc(OC(F)(F)F)nc2)ccc1=O)C(=O)Cl. The molecule has 0 spiro atoms. The molecular weight excluding hydrogens is 429 g/mol. The summed E-state index contributed by atoms with van der Waals surface area (Å²) in [5, 5.41) is 5.65. The summed E-state index contributed by atoms with van der Waals surface area (Å²) in [4.78, 5) is 38.8. The largest absolute Gasteiger partial charge is 0.574 e. The van der Waals surface area contributed by atoms with Crippen LogP contribution in [0, 0.1) is 0 Å². The summed E-state index contributed by atoms with van der Waals surface area (Å²) in [5.41, 5.74) is -0.00488. The molecule has 0 atom stereocenters. The fraction of sp³-hybridized carbons (Fsp3) is 0.167. The summed E-state index contributed by atoms with van der Waals surface area (Å²) in [6.07, 6.45) is -1.13. The molecule has 0 radical (unpaired) electrons. The van der Waals surface area contributed by atoms with Crippen molar-refractivity contribution in [1.29, 1.82) is 0 Å². The standard InChI is InChI=1S/C18H14ClF3N4O4/c1-2-3-12(17(19)29)9-23-14(27)10-26-16(28)7-5-13(25-26)11-4-6-15(24-8-11)30-18(20,21)22/h2-8H,1,9-10H2,(H,23,27)/b12-3-. The van der Waals surface area contributed by atoms with Gasteiger partial charge >= 0.3 is 6.36 Å². The highest BCUT2D eigenvalue weighted by molar-refractivity contribution is 6.67. The predicted molar refractivity (Wildman–Crippen MR) is 101 cm³/mol. The lowest BCUT2D eigenvalue weighted by molar-refractivity contribution is -0.276. The molecule has 0 saturated heterocycles. The van der Waals surface area contributed by atoms with Crippen LogP contribution in [0.25, 0.3) is 11.3 Å². The number of hydrogen-bond donors (Lipinski definition) is 1. The van der Waals surface area contributed by atoms with Crippen molar-refractivity contribution in [3.63, 3.8) is 0 Å². The van der Waals surface area contributed by atoms with Crippen LogP contribution in [-0.4, -0.2) is 38.8 Å². The fourth-order valence-corrected chi connectivity index (χ4v) is 2.28. The zero-order valence-corrected chi connectivity index (χ0v) is 15.9. The average molecular weight is 443 g/mol. The maximum Gasteiger partial charge on any atom is 0.574 e. The van der Waals surface area contributed by atoms with Gasteiger partial charge in [0.15, 0.2) is 0 Å². The van der Waals surface area contributed by atoms with Gasteiger partial charge in [0, 0.05) is 36.0 Å². The Labute approximate surface area is 172 Å². The molecule has 158 valence electrons. The summed E-state index contributed by atoms with van der Waals surface area (Å²) >= 11 is 5.38. The Balaban J connectivity index is 2.12. The van der Waals surface area contributed by atoms with Gasteiger partial charge < -0.3 is 10.1 Å². The zero-order valence-electron chi connectivity index (χ0n) is 15.1. The number of halogens is 4. The molecule has 0 aliphatic rings. The molecule has 2 aromatic rings. The molecule has 0 aliphatic heterocycles. The molecule has 8 nitrogen and oxygen atoms in total. The lowest BCUT2D eigenvalue weighted by Gasteiger charge is -2.10. The van der Waals surface area contributed by atoms with E-state index < -0.39 is 35.5 Å². The number of allylic oxidation sites excluding steroid dienone is 2. The van der Waals surface area contributed by atoms with Crippen LogP contribution in [-0.2, 0) is 16.1 Å². The van der Waals surface area contributed by atoms with Gasteiger partial charge in [-0.1, -0.05) is 18.7 Å². The molecule has 2 heterocycles. The normalized spacial score (nSPS) is 11.7. The van der Waals surface area contributed by atoms with Crippen molar-refractivity contribution in [3.8, 4) is 17.1 Å². The van der Waals surface area contributed by atoms with Crippen LogP contribution in [0.2, 0.25) is 0 Å². The monoisotopic (exact) mass is 442 g/mol. The van der Waals surface area contributed by atoms with Gasteiger partial charge in [0.1, 0.15) is 6.54 Å². The Hall–Kier alpha value is -3.47. The highest BCUT2D eigenvalue weighted by atomic mass is 35.5. The van der Waals surface area contributed by atoms with Crippen molar-refractivity contribution in [1.82, 2.24) is 20.1 Å². The van der Waals surface area contributed by atoms with Crippen LogP contribution >= 0.6 is 11.6 Å². The van der Waals surface area contributed by atoms with Crippen molar-refractivity contribution in [2.24, 2.45) is 0 Å². The maximum absolute atomic E-state index is 12.2. The van der Waals surface area contributed by atoms with E-state index in [0.717, 1.165) is 23.0 Å². The average Bonchev–Trinajstić information content (AvgIpc) is 2.66. The summed E-state index contributed by atoms with van der Waals surface area (Å²) in [5.74, 6) is -1.28. The van der Waals surface area contributed by atoms with Crippen molar-refractivity contribution in [2.45, 2.75) is 12.9 Å². The van der Waals surface area contributed by atoms with E-state index in [1.165, 1.54) is 24.3 Å². The van der Waals surface area contributed by atoms with Gasteiger partial charge in [-0.2, -0.15) is 5.10 Å². The van der Waals surface area contributed by atoms with E-state index in [2.05, 4.69) is 26.7 Å². The van der Waals surface area contributed by atoms with Crippen LogP contribution in [0.3, 0.4) is 0 Å². The molecule has 12 heteroatoms. The van der Waals surface area contributed by atoms with Gasteiger partial charge in [0.05, 0.1) is 5.69 Å². The zero-order chi connectivity index (χ0) is 22.3. The van der Waals surface area contributed by atoms with Crippen molar-refractivity contribution in [2.75, 3.05) is 6.54 Å². The smallest absolute Gasteiger partial charge is 0.388 e. The number of ether oxygens (including phenoxy) is 1. The first-order valence-corrected chi connectivity index (χ1v) is 8.55. The Morgan fingerprint density at radius 3 is 2.57 bits per heavy atom. The summed E-state index contributed by atoms with van der Waals surface area (Å²) in [7, 11) is 0. The number of aromatic nitrogens is 3. The van der Waals surface area contributed by atoms with E-state index >= 15 is 0 Å². The number of hydrogen-bond acceptors (Lipinski definition) is 6. The number of carbonyl (C=O) groups excluding carboxylic acids is 2. The highest BCUT2D eigenvalue weighted by Gasteiger charge is 2.31. The van der Waals surface area contributed by atoms with E-state index in [1.54, 1.807) is 0 Å². The molecule has 2 aromatic heterocycles. The molecular formula is C18H14ClF3N4O4. The van der Waals surface area contributed by atoms with Gasteiger partial charge in [-0.05, 0) is 23.7 Å². The quantitative estimate of drug-likeness (QED) is 0.382. The maximum atomic E-state index is 12.2. The van der Waals surface area contributed by atoms with Crippen molar-refractivity contribution >= 4 is 22.8 Å². The molecule has 0 unspecified atom stereocenters. The van der Waals surface area contributed by atoms with Gasteiger partial charge in [-0.15, -0.1) is 13.2 Å². The second kappa shape index (κ2) is 9.83. The molecule has 1 amide bonds. The van der Waals surface area contributed by atoms with Crippen LogP contribution in [0.1, 0.15) is 0 Å². The predicted octanol–water partition coefficient (Wildman–Crippen LogP) is 2.20. The van der Waals surface area contributed by atoms with Crippen LogP contribution < -0.4 is 15.6 Å². The lowest BCUT2D eigenvalue weighted by Crippen LogP contribution is -2.35. The molecule has 1 N–H and O–H groups in total. The van der Waals surface area contributed by atoms with Gasteiger partial charge in [-0.25, -0.2) is 9.67 Å². The van der Waals surface area contributed by atoms with Crippen LogP contribution in [0.5, 0.6) is 5.88 Å². The molecule has 0 bridgehead atoms. The van der Waals surface area contributed by atoms with Crippen molar-refractivity contribution < 1.29 is 27.5 Å². The Morgan fingerprint density at radius 1 is 1.27 bits per heavy atom. The van der Waals surface area contributed by atoms with Gasteiger partial charge in [-0.3, -0.25) is 14.4 Å². The number of nitrogens with zero attached hydrogens (tertiary/aromatic N) is 3. The van der Waals surface area contributed by atoms with E-state index in [0.29, 0.717) is 5.56 Å². The molecule has 0 saturated carbocycles. The number of alkyl halides is 3. The minimum atomic E-state index is -4.87. The number of pyridine rings is 1. The topological polar surface area (TPSA) is 103 Å². The minimum absolute atomic E-state index is 0.0984. The third-order valence-electron chi connectivity index (χ3n) is 3.46. The van der Waals surface area contributed by atoms with Crippen LogP contribution in [0.4, 0.5) is 13.2 Å². The number of carbonyl (C=O) groups is 2. The Morgan fingerprint density at radius 2 is 2.00 bits per heavy atom. The second-order valence-corrected chi connectivity index (χ2v) is 5.97. The first kappa shape index (κ1) is 22.8. The summed E-state index contributed by atoms with van der Waals surface area (Å²) in [6.45, 7) is 2.79. The van der Waals surface area contributed by atoms with E-state index in [4.69, 9.17) is 11.6 Å². The first-order valence-electron chi connectivity index (χ1n) is 8.17. The van der Waals surface area contributed by atoms with Crippen molar-refractivity contribution in [3.05, 3.63) is 65.1 Å².